The average Bonchev–Trinajstić information content (AvgIpc) is 2.75. The van der Waals surface area contributed by atoms with Crippen molar-refractivity contribution in [3.8, 4) is 11.6 Å². The second kappa shape index (κ2) is 8.52. The van der Waals surface area contributed by atoms with Crippen LogP contribution in [0.4, 0.5) is 4.39 Å². The van der Waals surface area contributed by atoms with Crippen molar-refractivity contribution in [3.63, 3.8) is 0 Å². The van der Waals surface area contributed by atoms with Crippen LogP contribution in [0.1, 0.15) is 5.56 Å². The van der Waals surface area contributed by atoms with Gasteiger partial charge in [-0.3, -0.25) is 14.2 Å². The van der Waals surface area contributed by atoms with E-state index in [1.54, 1.807) is 48.7 Å². The molecule has 7 nitrogen and oxygen atoms in total. The summed E-state index contributed by atoms with van der Waals surface area (Å²) in [4.78, 5) is 33.2. The van der Waals surface area contributed by atoms with Crippen LogP contribution < -0.4 is 15.6 Å². The molecule has 30 heavy (non-hydrogen) atoms. The molecule has 0 spiro atoms. The molecular formula is C22H17FN4O3. The van der Waals surface area contributed by atoms with Gasteiger partial charge in [0, 0.05) is 24.4 Å². The van der Waals surface area contributed by atoms with E-state index in [4.69, 9.17) is 4.74 Å². The highest BCUT2D eigenvalue weighted by atomic mass is 19.1. The van der Waals surface area contributed by atoms with Gasteiger partial charge in [0.15, 0.2) is 0 Å². The maximum atomic E-state index is 13.4. The quantitative estimate of drug-likeness (QED) is 0.534. The molecule has 4 rings (SSSR count). The van der Waals surface area contributed by atoms with Crippen LogP contribution >= 0.6 is 0 Å². The lowest BCUT2D eigenvalue weighted by Crippen LogP contribution is -2.32. The Morgan fingerprint density at radius 2 is 1.93 bits per heavy atom. The Morgan fingerprint density at radius 1 is 1.07 bits per heavy atom. The molecule has 0 fully saturated rings. The number of nitrogens with one attached hydrogen (secondary N) is 1. The Labute approximate surface area is 170 Å². The van der Waals surface area contributed by atoms with Gasteiger partial charge in [-0.1, -0.05) is 24.3 Å². The minimum Gasteiger partial charge on any atom is -0.439 e. The second-order valence-electron chi connectivity index (χ2n) is 6.50. The first kappa shape index (κ1) is 19.3. The fourth-order valence-corrected chi connectivity index (χ4v) is 2.92. The summed E-state index contributed by atoms with van der Waals surface area (Å²) < 4.78 is 20.3. The number of amides is 1. The summed E-state index contributed by atoms with van der Waals surface area (Å²) in [5.74, 6) is -0.231. The van der Waals surface area contributed by atoms with E-state index < -0.39 is 5.82 Å². The third-order valence-electron chi connectivity index (χ3n) is 4.38. The van der Waals surface area contributed by atoms with Gasteiger partial charge in [-0.15, -0.1) is 0 Å². The SMILES string of the molecule is O=C(Cn1cnc2ccccc2c1=O)NCc1cccnc1Oc1cccc(F)c1. The largest absolute Gasteiger partial charge is 0.439 e. The van der Waals surface area contributed by atoms with Crippen LogP contribution in [0.25, 0.3) is 10.9 Å². The zero-order chi connectivity index (χ0) is 20.9. The summed E-state index contributed by atoms with van der Waals surface area (Å²) in [5.41, 5.74) is 0.903. The smallest absolute Gasteiger partial charge is 0.261 e. The van der Waals surface area contributed by atoms with Gasteiger partial charge in [0.25, 0.3) is 5.56 Å². The summed E-state index contributed by atoms with van der Waals surface area (Å²) in [5, 5.41) is 3.19. The number of nitrogens with zero attached hydrogens (tertiary/aromatic N) is 3. The van der Waals surface area contributed by atoms with Crippen molar-refractivity contribution in [2.45, 2.75) is 13.1 Å². The fourth-order valence-electron chi connectivity index (χ4n) is 2.92. The van der Waals surface area contributed by atoms with Crippen LogP contribution in [0, 0.1) is 5.82 Å². The molecule has 2 heterocycles. The number of carbonyl (C=O) groups is 1. The monoisotopic (exact) mass is 404 g/mol. The van der Waals surface area contributed by atoms with Crippen molar-refractivity contribution in [3.05, 3.63) is 94.9 Å². The number of pyridine rings is 1. The molecule has 0 saturated heterocycles. The first-order valence-corrected chi connectivity index (χ1v) is 9.18. The van der Waals surface area contributed by atoms with Crippen LogP contribution in [0.15, 0.2) is 78.0 Å². The summed E-state index contributed by atoms with van der Waals surface area (Å²) in [7, 11) is 0. The molecule has 0 saturated carbocycles. The van der Waals surface area contributed by atoms with Gasteiger partial charge in [-0.2, -0.15) is 0 Å². The van der Waals surface area contributed by atoms with Crippen molar-refractivity contribution >= 4 is 16.8 Å². The van der Waals surface area contributed by atoms with Crippen LogP contribution in [0.3, 0.4) is 0 Å². The predicted octanol–water partition coefficient (Wildman–Crippen LogP) is 3.04. The van der Waals surface area contributed by atoms with E-state index >= 15 is 0 Å². The highest BCUT2D eigenvalue weighted by Gasteiger charge is 2.11. The van der Waals surface area contributed by atoms with Crippen molar-refractivity contribution in [2.24, 2.45) is 0 Å². The number of benzene rings is 2. The Kier molecular flexibility index (Phi) is 5.47. The molecule has 1 N–H and O–H groups in total. The van der Waals surface area contributed by atoms with Crippen LogP contribution in [0.2, 0.25) is 0 Å². The third-order valence-corrected chi connectivity index (χ3v) is 4.38. The Hall–Kier alpha value is -4.07. The van der Waals surface area contributed by atoms with Gasteiger partial charge in [0.2, 0.25) is 11.8 Å². The molecular weight excluding hydrogens is 387 g/mol. The molecule has 4 aromatic rings. The Balaban J connectivity index is 1.45. The topological polar surface area (TPSA) is 86.1 Å². The molecule has 0 aliphatic heterocycles. The minimum atomic E-state index is -0.423. The van der Waals surface area contributed by atoms with Gasteiger partial charge in [0.1, 0.15) is 18.1 Å². The molecule has 150 valence electrons. The summed E-state index contributed by atoms with van der Waals surface area (Å²) in [6.07, 6.45) is 2.90. The molecule has 2 aromatic carbocycles. The van der Waals surface area contributed by atoms with Gasteiger partial charge < -0.3 is 10.1 Å². The highest BCUT2D eigenvalue weighted by molar-refractivity contribution is 5.78. The van der Waals surface area contributed by atoms with Crippen molar-refractivity contribution < 1.29 is 13.9 Å². The molecule has 8 heteroatoms. The second-order valence-corrected chi connectivity index (χ2v) is 6.50. The molecule has 0 unspecified atom stereocenters. The molecule has 0 bridgehead atoms. The van der Waals surface area contributed by atoms with Gasteiger partial charge >= 0.3 is 0 Å². The standard InChI is InChI=1S/C22H17FN4O3/c23-16-6-3-7-17(11-16)30-21-15(5-4-10-24-21)12-25-20(28)13-27-14-26-19-9-2-1-8-18(19)22(27)29/h1-11,14H,12-13H2,(H,25,28). The van der Waals surface area contributed by atoms with Gasteiger partial charge in [0.05, 0.1) is 17.2 Å². The first-order valence-electron chi connectivity index (χ1n) is 9.18. The van der Waals surface area contributed by atoms with Gasteiger partial charge in [-0.25, -0.2) is 14.4 Å². The minimum absolute atomic E-state index is 0.132. The summed E-state index contributed by atoms with van der Waals surface area (Å²) in [6, 6.07) is 16.1. The highest BCUT2D eigenvalue weighted by Crippen LogP contribution is 2.23. The Bertz CT molecular complexity index is 1270. The number of para-hydroxylation sites is 1. The normalized spacial score (nSPS) is 10.7. The van der Waals surface area contributed by atoms with E-state index in [0.717, 1.165) is 0 Å². The maximum Gasteiger partial charge on any atom is 0.261 e. The average molecular weight is 404 g/mol. The van der Waals surface area contributed by atoms with Crippen molar-refractivity contribution in [1.82, 2.24) is 19.9 Å². The number of fused-ring (bicyclic) bond motifs is 1. The number of carbonyl (C=O) groups excluding carboxylic acids is 1. The lowest BCUT2D eigenvalue weighted by molar-refractivity contribution is -0.121. The van der Waals surface area contributed by atoms with Crippen molar-refractivity contribution in [1.29, 1.82) is 0 Å². The predicted molar refractivity (Wildman–Crippen MR) is 109 cm³/mol. The zero-order valence-electron chi connectivity index (χ0n) is 15.8. The fraction of sp³-hybridized carbons (Fsp3) is 0.0909. The number of aromatic nitrogens is 3. The number of hydrogen-bond donors (Lipinski definition) is 1. The van der Waals surface area contributed by atoms with E-state index in [9.17, 15) is 14.0 Å². The van der Waals surface area contributed by atoms with Gasteiger partial charge in [-0.05, 0) is 30.3 Å². The molecule has 0 atom stereocenters. The van der Waals surface area contributed by atoms with Crippen LogP contribution in [-0.4, -0.2) is 20.4 Å². The van der Waals surface area contributed by atoms with E-state index in [0.29, 0.717) is 22.2 Å². The zero-order valence-corrected chi connectivity index (χ0v) is 15.8. The molecule has 0 aliphatic rings. The molecule has 0 radical (unpaired) electrons. The number of ether oxygens (including phenoxy) is 1. The first-order chi connectivity index (χ1) is 14.6. The summed E-state index contributed by atoms with van der Waals surface area (Å²) in [6.45, 7) is -0.0376. The molecule has 0 aliphatic carbocycles. The van der Waals surface area contributed by atoms with Crippen LogP contribution in [0.5, 0.6) is 11.6 Å². The maximum absolute atomic E-state index is 13.4. The van der Waals surface area contributed by atoms with Crippen molar-refractivity contribution in [2.75, 3.05) is 0 Å². The van der Waals surface area contributed by atoms with E-state index in [1.807, 2.05) is 0 Å². The number of hydrogen-bond acceptors (Lipinski definition) is 5. The van der Waals surface area contributed by atoms with E-state index in [1.165, 1.54) is 29.1 Å². The lowest BCUT2D eigenvalue weighted by Gasteiger charge is -2.11. The number of halogens is 1. The third kappa shape index (κ3) is 4.33. The molecule has 1 amide bonds. The molecule has 2 aromatic heterocycles. The lowest BCUT2D eigenvalue weighted by atomic mass is 10.2. The summed E-state index contributed by atoms with van der Waals surface area (Å²) >= 11 is 0. The number of rotatable bonds is 6. The Morgan fingerprint density at radius 3 is 2.80 bits per heavy atom. The van der Waals surface area contributed by atoms with Crippen LogP contribution in [-0.2, 0) is 17.9 Å². The van der Waals surface area contributed by atoms with E-state index in [2.05, 4.69) is 15.3 Å². The van der Waals surface area contributed by atoms with E-state index in [-0.39, 0.29) is 30.4 Å².